The SMILES string of the molecule is COc1cc(OC)cc(-c2nnc(SCc3ncc(C(C)C)o3)o2)c1. The van der Waals surface area contributed by atoms with Crippen LogP contribution in [-0.4, -0.2) is 29.4 Å². The maximum absolute atomic E-state index is 5.70. The van der Waals surface area contributed by atoms with Gasteiger partial charge in [-0.05, 0) is 12.1 Å². The van der Waals surface area contributed by atoms with Crippen LogP contribution in [0.25, 0.3) is 11.5 Å². The molecule has 0 spiro atoms. The summed E-state index contributed by atoms with van der Waals surface area (Å²) in [6.07, 6.45) is 1.75. The highest BCUT2D eigenvalue weighted by molar-refractivity contribution is 7.98. The quantitative estimate of drug-likeness (QED) is 0.580. The summed E-state index contributed by atoms with van der Waals surface area (Å²) in [7, 11) is 3.19. The average Bonchev–Trinajstić information content (AvgIpc) is 3.28. The minimum atomic E-state index is 0.310. The molecule has 25 heavy (non-hydrogen) atoms. The van der Waals surface area contributed by atoms with E-state index in [1.165, 1.54) is 11.8 Å². The number of methoxy groups -OCH3 is 2. The Morgan fingerprint density at radius 3 is 2.36 bits per heavy atom. The van der Waals surface area contributed by atoms with Crippen LogP contribution in [0.3, 0.4) is 0 Å². The van der Waals surface area contributed by atoms with Crippen molar-refractivity contribution in [3.8, 4) is 23.0 Å². The van der Waals surface area contributed by atoms with Gasteiger partial charge >= 0.3 is 0 Å². The molecule has 132 valence electrons. The molecule has 0 aliphatic heterocycles. The predicted octanol–water partition coefficient (Wildman–Crippen LogP) is 4.16. The van der Waals surface area contributed by atoms with E-state index in [0.717, 1.165) is 11.3 Å². The fraction of sp³-hybridized carbons (Fsp3) is 0.353. The summed E-state index contributed by atoms with van der Waals surface area (Å²) in [5.74, 6) is 4.04. The van der Waals surface area contributed by atoms with Gasteiger partial charge in [0, 0.05) is 17.5 Å². The summed E-state index contributed by atoms with van der Waals surface area (Å²) in [6.45, 7) is 4.12. The maximum Gasteiger partial charge on any atom is 0.277 e. The third-order valence-electron chi connectivity index (χ3n) is 3.46. The van der Waals surface area contributed by atoms with Crippen LogP contribution in [0.15, 0.2) is 38.5 Å². The van der Waals surface area contributed by atoms with Crippen molar-refractivity contribution in [3.63, 3.8) is 0 Å². The third-order valence-corrected chi connectivity index (χ3v) is 4.27. The Bertz CT molecular complexity index is 822. The number of hydrogen-bond donors (Lipinski definition) is 0. The van der Waals surface area contributed by atoms with Crippen LogP contribution in [0.4, 0.5) is 0 Å². The molecule has 0 N–H and O–H groups in total. The van der Waals surface area contributed by atoms with E-state index in [0.29, 0.717) is 40.2 Å². The fourth-order valence-electron chi connectivity index (χ4n) is 2.10. The minimum absolute atomic E-state index is 0.310. The number of thioether (sulfide) groups is 1. The Kier molecular flexibility index (Phi) is 5.28. The molecule has 7 nitrogen and oxygen atoms in total. The van der Waals surface area contributed by atoms with Crippen molar-refractivity contribution >= 4 is 11.8 Å². The molecule has 3 aromatic rings. The van der Waals surface area contributed by atoms with Crippen LogP contribution < -0.4 is 9.47 Å². The highest BCUT2D eigenvalue weighted by Crippen LogP contribution is 2.31. The van der Waals surface area contributed by atoms with Gasteiger partial charge in [-0.25, -0.2) is 4.98 Å². The largest absolute Gasteiger partial charge is 0.497 e. The van der Waals surface area contributed by atoms with Crippen LogP contribution in [0.1, 0.15) is 31.4 Å². The number of ether oxygens (including phenoxy) is 2. The number of rotatable bonds is 7. The van der Waals surface area contributed by atoms with E-state index in [1.807, 2.05) is 12.1 Å². The number of hydrogen-bond acceptors (Lipinski definition) is 8. The zero-order chi connectivity index (χ0) is 17.8. The molecular formula is C17H19N3O4S. The molecule has 0 fully saturated rings. The molecule has 0 amide bonds. The molecule has 0 aliphatic rings. The second-order valence-corrected chi connectivity index (χ2v) is 6.50. The average molecular weight is 361 g/mol. The second kappa shape index (κ2) is 7.60. The van der Waals surface area contributed by atoms with E-state index in [2.05, 4.69) is 29.0 Å². The lowest BCUT2D eigenvalue weighted by atomic mass is 10.2. The lowest BCUT2D eigenvalue weighted by Gasteiger charge is -2.05. The molecule has 3 rings (SSSR count). The van der Waals surface area contributed by atoms with E-state index >= 15 is 0 Å². The van der Waals surface area contributed by atoms with Crippen LogP contribution in [0, 0.1) is 0 Å². The normalized spacial score (nSPS) is 11.1. The smallest absolute Gasteiger partial charge is 0.277 e. The monoisotopic (exact) mass is 361 g/mol. The van der Waals surface area contributed by atoms with Gasteiger partial charge in [0.1, 0.15) is 17.3 Å². The number of nitrogens with zero attached hydrogens (tertiary/aromatic N) is 3. The van der Waals surface area contributed by atoms with E-state index < -0.39 is 0 Å². The molecule has 2 heterocycles. The summed E-state index contributed by atoms with van der Waals surface area (Å²) in [6, 6.07) is 5.41. The highest BCUT2D eigenvalue weighted by Gasteiger charge is 2.14. The number of oxazole rings is 1. The standard InChI is InChI=1S/C17H19N3O4S/c1-10(2)14-8-18-15(23-14)9-25-17-20-19-16(24-17)11-5-12(21-3)7-13(6-11)22-4/h5-8,10H,9H2,1-4H3. The van der Waals surface area contributed by atoms with Gasteiger partial charge < -0.3 is 18.3 Å². The third kappa shape index (κ3) is 4.14. The summed E-state index contributed by atoms with van der Waals surface area (Å²) in [4.78, 5) is 4.25. The molecule has 0 unspecified atom stereocenters. The van der Waals surface area contributed by atoms with Gasteiger partial charge in [-0.1, -0.05) is 25.6 Å². The van der Waals surface area contributed by atoms with Crippen molar-refractivity contribution in [1.82, 2.24) is 15.2 Å². The molecule has 0 radical (unpaired) electrons. The van der Waals surface area contributed by atoms with E-state index in [1.54, 1.807) is 26.5 Å². The molecule has 0 aliphatic carbocycles. The lowest BCUT2D eigenvalue weighted by molar-refractivity contribution is 0.394. The zero-order valence-electron chi connectivity index (χ0n) is 14.5. The Morgan fingerprint density at radius 2 is 1.76 bits per heavy atom. The van der Waals surface area contributed by atoms with Crippen molar-refractivity contribution in [3.05, 3.63) is 36.0 Å². The Morgan fingerprint density at radius 1 is 1.04 bits per heavy atom. The van der Waals surface area contributed by atoms with Crippen molar-refractivity contribution in [2.45, 2.75) is 30.7 Å². The Hall–Kier alpha value is -2.48. The van der Waals surface area contributed by atoms with Crippen molar-refractivity contribution < 1.29 is 18.3 Å². The van der Waals surface area contributed by atoms with Crippen molar-refractivity contribution in [2.24, 2.45) is 0 Å². The molecule has 1 aromatic carbocycles. The molecule has 0 atom stereocenters. The van der Waals surface area contributed by atoms with Gasteiger partial charge in [-0.3, -0.25) is 0 Å². The molecule has 2 aromatic heterocycles. The van der Waals surface area contributed by atoms with Crippen LogP contribution in [-0.2, 0) is 5.75 Å². The summed E-state index contributed by atoms with van der Waals surface area (Å²) in [5, 5.41) is 8.58. The fourth-order valence-corrected chi connectivity index (χ4v) is 2.71. The Labute approximate surface area is 149 Å². The lowest BCUT2D eigenvalue weighted by Crippen LogP contribution is -1.88. The molecule has 0 saturated carbocycles. The first-order valence-corrected chi connectivity index (χ1v) is 8.72. The van der Waals surface area contributed by atoms with E-state index in [9.17, 15) is 0 Å². The summed E-state index contributed by atoms with van der Waals surface area (Å²) < 4.78 is 21.9. The first-order chi connectivity index (χ1) is 12.1. The zero-order valence-corrected chi connectivity index (χ0v) is 15.3. The predicted molar refractivity (Wildman–Crippen MR) is 93.0 cm³/mol. The Balaban J connectivity index is 1.71. The van der Waals surface area contributed by atoms with Gasteiger partial charge in [0.05, 0.1) is 26.2 Å². The van der Waals surface area contributed by atoms with Gasteiger partial charge in [0.2, 0.25) is 11.8 Å². The van der Waals surface area contributed by atoms with Crippen LogP contribution in [0.5, 0.6) is 11.5 Å². The van der Waals surface area contributed by atoms with Gasteiger partial charge in [-0.15, -0.1) is 10.2 Å². The number of benzene rings is 1. The molecular weight excluding hydrogens is 342 g/mol. The summed E-state index contributed by atoms with van der Waals surface area (Å²) >= 11 is 1.37. The second-order valence-electron chi connectivity index (χ2n) is 5.57. The van der Waals surface area contributed by atoms with Crippen LogP contribution >= 0.6 is 11.8 Å². The molecule has 0 saturated heterocycles. The highest BCUT2D eigenvalue weighted by atomic mass is 32.2. The topological polar surface area (TPSA) is 83.4 Å². The van der Waals surface area contributed by atoms with E-state index in [4.69, 9.17) is 18.3 Å². The first kappa shape index (κ1) is 17.3. The van der Waals surface area contributed by atoms with Crippen molar-refractivity contribution in [2.75, 3.05) is 14.2 Å². The summed E-state index contributed by atoms with van der Waals surface area (Å²) in [5.41, 5.74) is 0.730. The van der Waals surface area contributed by atoms with Gasteiger partial charge in [-0.2, -0.15) is 0 Å². The first-order valence-electron chi connectivity index (χ1n) is 7.73. The van der Waals surface area contributed by atoms with Crippen LogP contribution in [0.2, 0.25) is 0 Å². The van der Waals surface area contributed by atoms with Crippen molar-refractivity contribution in [1.29, 1.82) is 0 Å². The van der Waals surface area contributed by atoms with Gasteiger partial charge in [0.15, 0.2) is 0 Å². The van der Waals surface area contributed by atoms with E-state index in [-0.39, 0.29) is 0 Å². The minimum Gasteiger partial charge on any atom is -0.497 e. The number of aromatic nitrogens is 3. The molecule has 8 heteroatoms. The molecule has 0 bridgehead atoms. The maximum atomic E-state index is 5.70. The van der Waals surface area contributed by atoms with Gasteiger partial charge in [0.25, 0.3) is 5.22 Å².